The van der Waals surface area contributed by atoms with Crippen LogP contribution in [0.4, 0.5) is 0 Å². The Balaban J connectivity index is 1.80. The number of carbonyl (C=O) groups is 3. The van der Waals surface area contributed by atoms with Crippen LogP contribution in [-0.2, 0) is 20.8 Å². The van der Waals surface area contributed by atoms with Gasteiger partial charge in [-0.1, -0.05) is 96.0 Å². The molecule has 2 unspecified atom stereocenters. The fraction of sp³-hybridized carbons (Fsp3) is 0.700. The zero-order valence-corrected chi connectivity index (χ0v) is 22.8. The lowest BCUT2D eigenvalue weighted by atomic mass is 9.70. The van der Waals surface area contributed by atoms with Crippen molar-refractivity contribution in [3.8, 4) is 0 Å². The monoisotopic (exact) mass is 514 g/mol. The number of carboxylic acids is 1. The number of nitrogens with zero attached hydrogens (tertiary/aromatic N) is 1. The van der Waals surface area contributed by atoms with E-state index >= 15 is 0 Å². The zero-order valence-electron chi connectivity index (χ0n) is 22.8. The van der Waals surface area contributed by atoms with E-state index in [0.717, 1.165) is 44.1 Å². The van der Waals surface area contributed by atoms with Crippen molar-refractivity contribution < 1.29 is 24.6 Å². The number of aliphatic carboxylic acids is 1. The predicted octanol–water partition coefficient (Wildman–Crippen LogP) is 4.42. The molecule has 1 aromatic rings. The third kappa shape index (κ3) is 7.56. The van der Waals surface area contributed by atoms with Crippen molar-refractivity contribution >= 4 is 17.8 Å². The third-order valence-electron chi connectivity index (χ3n) is 8.47. The van der Waals surface area contributed by atoms with Crippen molar-refractivity contribution in [2.45, 2.75) is 103 Å². The van der Waals surface area contributed by atoms with Gasteiger partial charge in [0.2, 0.25) is 11.8 Å². The van der Waals surface area contributed by atoms with Crippen LogP contribution in [0.5, 0.6) is 0 Å². The summed E-state index contributed by atoms with van der Waals surface area (Å²) in [6.07, 6.45) is 7.15. The van der Waals surface area contributed by atoms with E-state index in [1.807, 2.05) is 51.1 Å². The third-order valence-corrected chi connectivity index (χ3v) is 8.47. The van der Waals surface area contributed by atoms with Gasteiger partial charge in [0, 0.05) is 12.5 Å². The van der Waals surface area contributed by atoms with Crippen LogP contribution in [0.15, 0.2) is 30.3 Å². The molecule has 1 aliphatic heterocycles. The molecule has 0 radical (unpaired) electrons. The van der Waals surface area contributed by atoms with Gasteiger partial charge in [0.1, 0.15) is 6.04 Å². The van der Waals surface area contributed by atoms with Crippen LogP contribution in [0.3, 0.4) is 0 Å². The fourth-order valence-electron chi connectivity index (χ4n) is 6.56. The normalized spacial score (nSPS) is 22.0. The molecule has 37 heavy (non-hydrogen) atoms. The molecule has 1 saturated heterocycles. The Morgan fingerprint density at radius 1 is 1.08 bits per heavy atom. The SMILES string of the molecule is CCCC[C@@H](C(=O)N[C@@H](C(C(C)C)C1CCCCC1)[C@@H](O)C(=O)O)N1CCC(Cc2ccccc2)C1=O. The minimum Gasteiger partial charge on any atom is -0.479 e. The Labute approximate surface area is 222 Å². The molecule has 5 atom stereocenters. The molecule has 1 aromatic carbocycles. The number of rotatable bonds is 13. The minimum absolute atomic E-state index is 0.0110. The molecule has 0 bridgehead atoms. The van der Waals surface area contributed by atoms with E-state index in [2.05, 4.69) is 5.32 Å². The number of unbranched alkanes of at least 4 members (excludes halogenated alkanes) is 1. The molecular weight excluding hydrogens is 468 g/mol. The number of nitrogens with one attached hydrogen (secondary N) is 1. The van der Waals surface area contributed by atoms with Gasteiger partial charge >= 0.3 is 5.97 Å². The average Bonchev–Trinajstić information content (AvgIpc) is 3.24. The smallest absolute Gasteiger partial charge is 0.334 e. The Morgan fingerprint density at radius 2 is 1.76 bits per heavy atom. The highest BCUT2D eigenvalue weighted by molar-refractivity contribution is 5.90. The van der Waals surface area contributed by atoms with Crippen LogP contribution < -0.4 is 5.32 Å². The summed E-state index contributed by atoms with van der Waals surface area (Å²) in [5, 5.41) is 23.5. The Kier molecular flexibility index (Phi) is 11.0. The summed E-state index contributed by atoms with van der Waals surface area (Å²) in [4.78, 5) is 40.9. The fourth-order valence-corrected chi connectivity index (χ4v) is 6.56. The van der Waals surface area contributed by atoms with Gasteiger partial charge in [0.15, 0.2) is 6.10 Å². The van der Waals surface area contributed by atoms with Crippen LogP contribution in [0, 0.1) is 23.7 Å². The first-order chi connectivity index (χ1) is 17.7. The van der Waals surface area contributed by atoms with Gasteiger partial charge in [-0.2, -0.15) is 0 Å². The van der Waals surface area contributed by atoms with Crippen molar-refractivity contribution in [1.29, 1.82) is 0 Å². The van der Waals surface area contributed by atoms with Gasteiger partial charge in [0.05, 0.1) is 6.04 Å². The van der Waals surface area contributed by atoms with Crippen LogP contribution in [-0.4, -0.2) is 57.6 Å². The number of hydrogen-bond acceptors (Lipinski definition) is 4. The molecular formula is C30H46N2O5. The van der Waals surface area contributed by atoms with Gasteiger partial charge in [-0.15, -0.1) is 0 Å². The summed E-state index contributed by atoms with van der Waals surface area (Å²) in [6, 6.07) is 8.38. The van der Waals surface area contributed by atoms with Crippen LogP contribution in [0.2, 0.25) is 0 Å². The molecule has 3 N–H and O–H groups in total. The summed E-state index contributed by atoms with van der Waals surface area (Å²) < 4.78 is 0. The molecule has 2 aliphatic rings. The highest BCUT2D eigenvalue weighted by Gasteiger charge is 2.43. The molecule has 7 nitrogen and oxygen atoms in total. The lowest BCUT2D eigenvalue weighted by Crippen LogP contribution is -2.58. The molecule has 0 spiro atoms. The van der Waals surface area contributed by atoms with E-state index in [-0.39, 0.29) is 35.5 Å². The summed E-state index contributed by atoms with van der Waals surface area (Å²) in [6.45, 7) is 6.65. The Hall–Kier alpha value is -2.41. The zero-order chi connectivity index (χ0) is 26.9. The van der Waals surface area contributed by atoms with E-state index in [1.54, 1.807) is 4.90 Å². The molecule has 2 amide bonds. The molecule has 1 heterocycles. The first-order valence-electron chi connectivity index (χ1n) is 14.3. The Bertz CT molecular complexity index is 883. The summed E-state index contributed by atoms with van der Waals surface area (Å²) in [5.74, 6) is -1.63. The van der Waals surface area contributed by atoms with Crippen LogP contribution in [0.25, 0.3) is 0 Å². The first kappa shape index (κ1) is 29.2. The standard InChI is InChI=1S/C30H46N2O5/c1-4-5-16-24(32-18-17-23(29(32)35)19-21-12-8-6-9-13-21)28(34)31-26(27(33)30(36)37)25(20(2)3)22-14-10-7-11-15-22/h6,8-9,12-13,20,22-27,33H,4-5,7,10-11,14-19H2,1-3H3,(H,31,34)(H,36,37)/t23?,24-,25?,26-,27+/m0/s1. The number of amides is 2. The molecule has 1 saturated carbocycles. The minimum atomic E-state index is -1.69. The maximum Gasteiger partial charge on any atom is 0.334 e. The second-order valence-electron chi connectivity index (χ2n) is 11.4. The average molecular weight is 515 g/mol. The summed E-state index contributed by atoms with van der Waals surface area (Å²) in [5.41, 5.74) is 1.11. The molecule has 206 valence electrons. The number of carbonyl (C=O) groups excluding carboxylic acids is 2. The maximum atomic E-state index is 13.8. The largest absolute Gasteiger partial charge is 0.479 e. The predicted molar refractivity (Wildman–Crippen MR) is 144 cm³/mol. The lowest BCUT2D eigenvalue weighted by Gasteiger charge is -2.41. The highest BCUT2D eigenvalue weighted by Crippen LogP contribution is 2.37. The van der Waals surface area contributed by atoms with Crippen molar-refractivity contribution in [2.24, 2.45) is 23.7 Å². The Morgan fingerprint density at radius 3 is 2.35 bits per heavy atom. The number of benzene rings is 1. The first-order valence-corrected chi connectivity index (χ1v) is 14.3. The second-order valence-corrected chi connectivity index (χ2v) is 11.4. The van der Waals surface area contributed by atoms with Crippen molar-refractivity contribution in [3.05, 3.63) is 35.9 Å². The summed E-state index contributed by atoms with van der Waals surface area (Å²) >= 11 is 0. The van der Waals surface area contributed by atoms with Gasteiger partial charge in [0.25, 0.3) is 0 Å². The molecule has 7 heteroatoms. The van der Waals surface area contributed by atoms with Crippen LogP contribution >= 0.6 is 0 Å². The quantitative estimate of drug-likeness (QED) is 0.361. The van der Waals surface area contributed by atoms with E-state index in [4.69, 9.17) is 0 Å². The molecule has 0 aromatic heterocycles. The van der Waals surface area contributed by atoms with Crippen LogP contribution in [0.1, 0.15) is 84.1 Å². The van der Waals surface area contributed by atoms with E-state index in [0.29, 0.717) is 25.8 Å². The van der Waals surface area contributed by atoms with Gasteiger partial charge in [-0.05, 0) is 42.6 Å². The van der Waals surface area contributed by atoms with Crippen molar-refractivity contribution in [2.75, 3.05) is 6.54 Å². The molecule has 3 rings (SSSR count). The second kappa shape index (κ2) is 13.9. The number of hydrogen-bond donors (Lipinski definition) is 3. The van der Waals surface area contributed by atoms with E-state index in [9.17, 15) is 24.6 Å². The van der Waals surface area contributed by atoms with E-state index < -0.39 is 24.2 Å². The van der Waals surface area contributed by atoms with Gasteiger partial charge in [-0.25, -0.2) is 4.79 Å². The van der Waals surface area contributed by atoms with Crippen molar-refractivity contribution in [1.82, 2.24) is 10.2 Å². The number of carboxylic acid groups (broad SMARTS) is 1. The summed E-state index contributed by atoms with van der Waals surface area (Å²) in [7, 11) is 0. The number of aliphatic hydroxyl groups excluding tert-OH is 1. The highest BCUT2D eigenvalue weighted by atomic mass is 16.4. The lowest BCUT2D eigenvalue weighted by molar-refractivity contribution is -0.151. The van der Waals surface area contributed by atoms with Gasteiger partial charge < -0.3 is 20.4 Å². The number of likely N-dealkylation sites (tertiary alicyclic amines) is 1. The number of aliphatic hydroxyl groups is 1. The maximum absolute atomic E-state index is 13.8. The topological polar surface area (TPSA) is 107 Å². The van der Waals surface area contributed by atoms with E-state index in [1.165, 1.54) is 6.42 Å². The molecule has 2 fully saturated rings. The molecule has 1 aliphatic carbocycles. The van der Waals surface area contributed by atoms with Crippen molar-refractivity contribution in [3.63, 3.8) is 0 Å². The van der Waals surface area contributed by atoms with Gasteiger partial charge in [-0.3, -0.25) is 9.59 Å².